The molecule has 2 atom stereocenters. The van der Waals surface area contributed by atoms with Crippen LogP contribution in [0, 0.1) is 0 Å². The van der Waals surface area contributed by atoms with E-state index in [-0.39, 0.29) is 0 Å². The zero-order chi connectivity index (χ0) is 21.8. The molecule has 0 saturated carbocycles. The Morgan fingerprint density at radius 3 is 2.22 bits per heavy atom. The molecule has 0 aromatic heterocycles. The summed E-state index contributed by atoms with van der Waals surface area (Å²) in [6.45, 7) is 0. The van der Waals surface area contributed by atoms with E-state index in [2.05, 4.69) is 18.2 Å². The largest absolute Gasteiger partial charge is 0.350 e. The van der Waals surface area contributed by atoms with Gasteiger partial charge in [-0.25, -0.2) is 4.89 Å². The van der Waals surface area contributed by atoms with Crippen LogP contribution in [-0.4, -0.2) is 17.2 Å². The van der Waals surface area contributed by atoms with Gasteiger partial charge in [0.15, 0.2) is 11.1 Å². The Morgan fingerprint density at radius 1 is 0.750 bits per heavy atom. The summed E-state index contributed by atoms with van der Waals surface area (Å²) in [5.41, 5.74) is 5.35. The summed E-state index contributed by atoms with van der Waals surface area (Å²) in [6, 6.07) is 32.0. The summed E-state index contributed by atoms with van der Waals surface area (Å²) in [4.78, 5) is 11.8. The van der Waals surface area contributed by atoms with Crippen LogP contribution < -0.4 is 15.1 Å². The van der Waals surface area contributed by atoms with Gasteiger partial charge in [-0.2, -0.15) is 0 Å². The van der Waals surface area contributed by atoms with Crippen LogP contribution in [-0.2, 0) is 10.7 Å². The first-order valence-corrected chi connectivity index (χ1v) is 14.8. The fourth-order valence-corrected chi connectivity index (χ4v) is 11.6. The van der Waals surface area contributed by atoms with E-state index in [9.17, 15) is 9.46 Å². The maximum absolute atomic E-state index is 14.4. The number of rotatable bonds is 3. The lowest BCUT2D eigenvalue weighted by molar-refractivity contribution is 0.469. The molecule has 0 amide bonds. The first-order chi connectivity index (χ1) is 15.6. The van der Waals surface area contributed by atoms with E-state index in [0.717, 1.165) is 38.4 Å². The van der Waals surface area contributed by atoms with Gasteiger partial charge in [-0.1, -0.05) is 84.9 Å². The average molecular weight is 457 g/mol. The van der Waals surface area contributed by atoms with Gasteiger partial charge in [0.2, 0.25) is 0 Å². The molecule has 0 saturated heterocycles. The molecule has 1 unspecified atom stereocenters. The van der Waals surface area contributed by atoms with E-state index in [0.29, 0.717) is 24.2 Å². The Bertz CT molecular complexity index is 1400. The Morgan fingerprint density at radius 2 is 1.38 bits per heavy atom. The van der Waals surface area contributed by atoms with Crippen LogP contribution in [0.5, 0.6) is 5.75 Å². The highest BCUT2D eigenvalue weighted by Gasteiger charge is 2.50. The molecule has 4 aromatic carbocycles. The van der Waals surface area contributed by atoms with E-state index >= 15 is 0 Å². The molecule has 2 heterocycles. The summed E-state index contributed by atoms with van der Waals surface area (Å²) < 4.78 is 20.7. The molecule has 4 aromatic rings. The van der Waals surface area contributed by atoms with Crippen LogP contribution in [0.4, 0.5) is 0 Å². The first-order valence-electron chi connectivity index (χ1n) is 10.8. The van der Waals surface area contributed by atoms with Crippen LogP contribution in [0.15, 0.2) is 97.1 Å². The topological polar surface area (TPSA) is 46.5 Å². The van der Waals surface area contributed by atoms with E-state index in [1.54, 1.807) is 0 Å². The monoisotopic (exact) mass is 457 g/mol. The van der Waals surface area contributed by atoms with Crippen molar-refractivity contribution >= 4 is 25.5 Å². The molecule has 2 aliphatic rings. The molecular formula is C27H23O3P2+. The molecule has 6 rings (SSSR count). The number of benzene rings is 4. The fourth-order valence-electron chi connectivity index (χ4n) is 4.99. The van der Waals surface area contributed by atoms with Gasteiger partial charge in [-0.3, -0.25) is 0 Å². The summed E-state index contributed by atoms with van der Waals surface area (Å²) in [6.07, 6.45) is 1.31. The molecule has 0 spiro atoms. The zero-order valence-corrected chi connectivity index (χ0v) is 19.3. The summed E-state index contributed by atoms with van der Waals surface area (Å²) in [7, 11) is -5.72. The van der Waals surface area contributed by atoms with Crippen molar-refractivity contribution in [2.45, 2.75) is 6.16 Å². The molecule has 0 fully saturated rings. The summed E-state index contributed by atoms with van der Waals surface area (Å²) in [5.74, 6) is 0.703. The molecule has 2 aliphatic heterocycles. The minimum absolute atomic E-state index is 0.367. The molecule has 0 aliphatic carbocycles. The van der Waals surface area contributed by atoms with Gasteiger partial charge in [0.1, 0.15) is 13.3 Å². The van der Waals surface area contributed by atoms with Gasteiger partial charge in [-0.05, 0) is 28.8 Å². The number of para-hydroxylation sites is 1. The van der Waals surface area contributed by atoms with Crippen molar-refractivity contribution in [2.24, 2.45) is 0 Å². The molecular weight excluding hydrogens is 434 g/mol. The Kier molecular flexibility index (Phi) is 4.63. The van der Waals surface area contributed by atoms with Gasteiger partial charge in [-0.15, -0.1) is 0 Å². The second-order valence-corrected chi connectivity index (χ2v) is 14.0. The second-order valence-electron chi connectivity index (χ2n) is 8.48. The molecule has 1 N–H and O–H groups in total. The predicted molar refractivity (Wildman–Crippen MR) is 134 cm³/mol. The van der Waals surface area contributed by atoms with Crippen LogP contribution >= 0.6 is 14.9 Å². The number of hydrogen-bond acceptors (Lipinski definition) is 3. The first kappa shape index (κ1) is 19.9. The van der Waals surface area contributed by atoms with Crippen LogP contribution in [0.3, 0.4) is 0 Å². The van der Waals surface area contributed by atoms with Crippen molar-refractivity contribution in [3.8, 4) is 28.0 Å². The Balaban J connectivity index is 1.39. The van der Waals surface area contributed by atoms with Gasteiger partial charge < -0.3 is 9.09 Å². The minimum Gasteiger partial charge on any atom is -0.318 e. The number of hydrogen-bond donors (Lipinski definition) is 1. The smallest absolute Gasteiger partial charge is 0.318 e. The van der Waals surface area contributed by atoms with E-state index in [1.165, 1.54) is 0 Å². The quantitative estimate of drug-likeness (QED) is 0.379. The molecule has 5 heteroatoms. The third kappa shape index (κ3) is 3.08. The minimum atomic E-state index is -2.96. The normalized spacial score (nSPS) is 22.7. The standard InChI is InChI=1S/C27H23O3P2/c28-31(19-20-9-1-2-10-21(20)23-12-4-7-15-26(23)31)17-18-32(29)27-16-8-5-13-24(27)22-11-3-6-14-25(22)30-32/h1-16,29H,17-19H2/q+1/t31-,32?/m0/s1. The maximum atomic E-state index is 14.4. The van der Waals surface area contributed by atoms with Crippen molar-refractivity contribution in [3.05, 3.63) is 103 Å². The van der Waals surface area contributed by atoms with Crippen LogP contribution in [0.25, 0.3) is 22.3 Å². The van der Waals surface area contributed by atoms with Crippen LogP contribution in [0.2, 0.25) is 0 Å². The zero-order valence-electron chi connectivity index (χ0n) is 17.5. The summed E-state index contributed by atoms with van der Waals surface area (Å²) >= 11 is 0. The van der Waals surface area contributed by atoms with Crippen molar-refractivity contribution < 1.29 is 14.0 Å². The maximum Gasteiger partial charge on any atom is 0.350 e. The van der Waals surface area contributed by atoms with Crippen molar-refractivity contribution in [1.29, 1.82) is 0 Å². The fraction of sp³-hybridized carbons (Fsp3) is 0.111. The predicted octanol–water partition coefficient (Wildman–Crippen LogP) is 6.08. The molecule has 158 valence electrons. The molecule has 0 bridgehead atoms. The van der Waals surface area contributed by atoms with E-state index in [4.69, 9.17) is 4.52 Å². The van der Waals surface area contributed by atoms with Gasteiger partial charge in [0, 0.05) is 28.8 Å². The Hall–Kier alpha value is -2.70. The van der Waals surface area contributed by atoms with Crippen molar-refractivity contribution in [1.82, 2.24) is 0 Å². The van der Waals surface area contributed by atoms with E-state index < -0.39 is 14.9 Å². The third-order valence-corrected chi connectivity index (χ3v) is 12.4. The summed E-state index contributed by atoms with van der Waals surface area (Å²) in [5, 5.41) is 1.77. The molecule has 32 heavy (non-hydrogen) atoms. The highest BCUT2D eigenvalue weighted by atomic mass is 31.2. The highest BCUT2D eigenvalue weighted by molar-refractivity contribution is 7.76. The average Bonchev–Trinajstić information content (AvgIpc) is 2.84. The van der Waals surface area contributed by atoms with Crippen molar-refractivity contribution in [3.63, 3.8) is 0 Å². The highest BCUT2D eigenvalue weighted by Crippen LogP contribution is 2.64. The lowest BCUT2D eigenvalue weighted by atomic mass is 10.0. The molecule has 0 radical (unpaired) electrons. The lowest BCUT2D eigenvalue weighted by Gasteiger charge is -2.31. The van der Waals surface area contributed by atoms with Gasteiger partial charge in [0.25, 0.3) is 0 Å². The van der Waals surface area contributed by atoms with Gasteiger partial charge in [0.05, 0.1) is 0 Å². The second kappa shape index (κ2) is 7.42. The van der Waals surface area contributed by atoms with E-state index in [1.807, 2.05) is 78.9 Å². The Labute approximate surface area is 188 Å². The third-order valence-electron chi connectivity index (χ3n) is 6.55. The van der Waals surface area contributed by atoms with Crippen LogP contribution in [0.1, 0.15) is 5.56 Å². The SMILES string of the molecule is O=[P@@]1(CC[P+]2(O)Oc3ccccc3-c3ccccc32)Cc2ccccc2-c2ccccc21. The van der Waals surface area contributed by atoms with Crippen molar-refractivity contribution in [2.75, 3.05) is 12.3 Å². The van der Waals surface area contributed by atoms with Gasteiger partial charge >= 0.3 is 7.72 Å². The number of fused-ring (bicyclic) bond motifs is 6. The lowest BCUT2D eigenvalue weighted by Crippen LogP contribution is -2.27. The molecule has 3 nitrogen and oxygen atoms in total.